The summed E-state index contributed by atoms with van der Waals surface area (Å²) in [5, 5.41) is 2.41. The summed E-state index contributed by atoms with van der Waals surface area (Å²) in [6, 6.07) is 6.64. The number of carbonyl (C=O) groups excluding carboxylic acids is 3. The highest BCUT2D eigenvalue weighted by molar-refractivity contribution is 7.43. The first-order valence-electron chi connectivity index (χ1n) is 10.1. The topological polar surface area (TPSA) is 140 Å². The van der Waals surface area contributed by atoms with Crippen molar-refractivity contribution in [1.82, 2.24) is 10.2 Å². The Labute approximate surface area is 195 Å². The van der Waals surface area contributed by atoms with E-state index in [1.807, 2.05) is 0 Å². The first kappa shape index (κ1) is 24.3. The van der Waals surface area contributed by atoms with Gasteiger partial charge < -0.3 is 38.0 Å². The standard InChI is InChI=1S/C20H23N2O11P/c1-21-17(24)13(26-2)8-22(10-23)18-16-15(30-20(27-3)31-16)14(29-18)9-28-34-32-12-7-5-4-6-11(12)19(25)33-34/h4-8,10,14-16,18,20H,9H2,1-3H3,(H,21,24)/b13-8+. The van der Waals surface area contributed by atoms with E-state index in [1.165, 1.54) is 27.5 Å². The fraction of sp³-hybridized carbons (Fsp3) is 0.450. The molecule has 0 aromatic heterocycles. The quantitative estimate of drug-likeness (QED) is 0.222. The Balaban J connectivity index is 1.47. The molecule has 0 radical (unpaired) electrons. The van der Waals surface area contributed by atoms with E-state index < -0.39 is 51.5 Å². The predicted molar refractivity (Wildman–Crippen MR) is 112 cm³/mol. The number of rotatable bonds is 9. The number of likely N-dealkylation sites (N-methyl/N-ethyl adjacent to an activating group) is 1. The number of hydrogen-bond donors (Lipinski definition) is 1. The van der Waals surface area contributed by atoms with Gasteiger partial charge in [-0.25, -0.2) is 4.79 Å². The summed E-state index contributed by atoms with van der Waals surface area (Å²) >= 11 is 0. The van der Waals surface area contributed by atoms with Gasteiger partial charge in [0.25, 0.3) is 12.4 Å². The second-order valence-electron chi connectivity index (χ2n) is 7.11. The lowest BCUT2D eigenvalue weighted by Crippen LogP contribution is -2.41. The lowest BCUT2D eigenvalue weighted by atomic mass is 10.1. The molecule has 1 N–H and O–H groups in total. The molecule has 1 aromatic carbocycles. The third-order valence-corrected chi connectivity index (χ3v) is 6.17. The average Bonchev–Trinajstić information content (AvgIpc) is 3.43. The van der Waals surface area contributed by atoms with E-state index in [0.29, 0.717) is 17.7 Å². The summed E-state index contributed by atoms with van der Waals surface area (Å²) in [6.07, 6.45) is -1.56. The molecular formula is C20H23N2O11P. The zero-order valence-electron chi connectivity index (χ0n) is 18.4. The van der Waals surface area contributed by atoms with E-state index in [1.54, 1.807) is 24.3 Å². The molecule has 2 saturated heterocycles. The van der Waals surface area contributed by atoms with Crippen LogP contribution in [0.15, 0.2) is 36.2 Å². The number of nitrogens with zero attached hydrogens (tertiary/aromatic N) is 1. The third-order valence-electron chi connectivity index (χ3n) is 5.15. The van der Waals surface area contributed by atoms with Gasteiger partial charge in [-0.1, -0.05) is 12.1 Å². The maximum Gasteiger partial charge on any atom is 0.465 e. The van der Waals surface area contributed by atoms with Gasteiger partial charge in [-0.15, -0.1) is 0 Å². The minimum Gasteiger partial charge on any atom is -0.490 e. The molecule has 14 heteroatoms. The summed E-state index contributed by atoms with van der Waals surface area (Å²) in [7, 11) is 2.08. The summed E-state index contributed by atoms with van der Waals surface area (Å²) in [5.74, 6) is -0.872. The molecule has 2 amide bonds. The maximum atomic E-state index is 12.2. The summed E-state index contributed by atoms with van der Waals surface area (Å²) in [6.45, 7) is -1.11. The summed E-state index contributed by atoms with van der Waals surface area (Å²) < 4.78 is 44.1. The van der Waals surface area contributed by atoms with Crippen LogP contribution in [0.3, 0.4) is 0 Å². The van der Waals surface area contributed by atoms with Crippen LogP contribution in [0.5, 0.6) is 5.75 Å². The molecule has 3 heterocycles. The van der Waals surface area contributed by atoms with Gasteiger partial charge in [0.15, 0.2) is 12.0 Å². The highest BCUT2D eigenvalue weighted by atomic mass is 31.2. The third kappa shape index (κ3) is 4.85. The number of nitrogens with one attached hydrogen (secondary N) is 1. The van der Waals surface area contributed by atoms with Gasteiger partial charge >= 0.3 is 14.6 Å². The minimum absolute atomic E-state index is 0.110. The van der Waals surface area contributed by atoms with E-state index in [9.17, 15) is 14.4 Å². The molecule has 0 saturated carbocycles. The van der Waals surface area contributed by atoms with Crippen LogP contribution < -0.4 is 9.84 Å². The van der Waals surface area contributed by atoms with E-state index in [-0.39, 0.29) is 12.4 Å². The number of hydrogen-bond acceptors (Lipinski definition) is 11. The fourth-order valence-electron chi connectivity index (χ4n) is 3.54. The van der Waals surface area contributed by atoms with Gasteiger partial charge in [0.2, 0.25) is 6.41 Å². The molecular weight excluding hydrogens is 475 g/mol. The van der Waals surface area contributed by atoms with Gasteiger partial charge in [0.05, 0.1) is 19.9 Å². The van der Waals surface area contributed by atoms with E-state index in [2.05, 4.69) is 5.32 Å². The van der Waals surface area contributed by atoms with Gasteiger partial charge in [-0.2, -0.15) is 0 Å². The lowest BCUT2D eigenvalue weighted by Gasteiger charge is -2.26. The summed E-state index contributed by atoms with van der Waals surface area (Å²) in [4.78, 5) is 37.1. The Kier molecular flexibility index (Phi) is 7.61. The van der Waals surface area contributed by atoms with Gasteiger partial charge in [0.1, 0.15) is 29.6 Å². The van der Waals surface area contributed by atoms with Crippen LogP contribution in [0.4, 0.5) is 0 Å². The molecule has 13 nitrogen and oxygen atoms in total. The second-order valence-corrected chi connectivity index (χ2v) is 8.18. The Morgan fingerprint density at radius 1 is 1.18 bits per heavy atom. The highest BCUT2D eigenvalue weighted by Crippen LogP contribution is 2.48. The molecule has 34 heavy (non-hydrogen) atoms. The number of fused-ring (bicyclic) bond motifs is 2. The molecule has 6 atom stereocenters. The molecule has 184 valence electrons. The Morgan fingerprint density at radius 2 is 1.94 bits per heavy atom. The van der Waals surface area contributed by atoms with Crippen molar-refractivity contribution in [2.24, 2.45) is 0 Å². The molecule has 6 unspecified atom stereocenters. The fourth-order valence-corrected chi connectivity index (χ4v) is 4.50. The average molecular weight is 498 g/mol. The Morgan fingerprint density at radius 3 is 2.65 bits per heavy atom. The second kappa shape index (κ2) is 10.6. The maximum absolute atomic E-state index is 12.2. The molecule has 0 aliphatic carbocycles. The predicted octanol–water partition coefficient (Wildman–Crippen LogP) is 0.610. The normalized spacial score (nSPS) is 30.0. The molecule has 0 bridgehead atoms. The number of methoxy groups -OCH3 is 2. The molecule has 3 aliphatic rings. The Bertz CT molecular complexity index is 960. The van der Waals surface area contributed by atoms with Crippen LogP contribution >= 0.6 is 8.60 Å². The Hall–Kier alpha value is -2.80. The molecule has 1 aromatic rings. The first-order chi connectivity index (χ1) is 16.5. The zero-order chi connectivity index (χ0) is 24.2. The van der Waals surface area contributed by atoms with Crippen molar-refractivity contribution in [3.8, 4) is 5.75 Å². The van der Waals surface area contributed by atoms with Crippen LogP contribution in [0.25, 0.3) is 0 Å². The highest BCUT2D eigenvalue weighted by Gasteiger charge is 2.55. The van der Waals surface area contributed by atoms with E-state index in [4.69, 9.17) is 37.3 Å². The van der Waals surface area contributed by atoms with Crippen molar-refractivity contribution in [1.29, 1.82) is 0 Å². The molecule has 2 fully saturated rings. The number of amides is 2. The lowest BCUT2D eigenvalue weighted by molar-refractivity contribution is -0.257. The van der Waals surface area contributed by atoms with Crippen molar-refractivity contribution in [3.05, 3.63) is 41.8 Å². The van der Waals surface area contributed by atoms with Crippen LogP contribution in [0.2, 0.25) is 0 Å². The van der Waals surface area contributed by atoms with Crippen LogP contribution in [-0.2, 0) is 42.3 Å². The molecule has 0 spiro atoms. The van der Waals surface area contributed by atoms with Gasteiger partial charge in [-0.3, -0.25) is 19.0 Å². The van der Waals surface area contributed by atoms with Gasteiger partial charge in [-0.05, 0) is 12.1 Å². The molecule has 3 aliphatic heterocycles. The minimum atomic E-state index is -2.03. The van der Waals surface area contributed by atoms with E-state index >= 15 is 0 Å². The summed E-state index contributed by atoms with van der Waals surface area (Å²) in [5.41, 5.74) is 0.302. The number of para-hydroxylation sites is 1. The monoisotopic (exact) mass is 498 g/mol. The largest absolute Gasteiger partial charge is 0.490 e. The SMILES string of the molecule is CNC(=O)/C(=C\N(C=O)C1OC(COP2OC(=O)c3ccccc3O2)C2OC(OC)OC21)OC. The van der Waals surface area contributed by atoms with Gasteiger partial charge in [0, 0.05) is 14.2 Å². The zero-order valence-corrected chi connectivity index (χ0v) is 19.3. The van der Waals surface area contributed by atoms with Crippen molar-refractivity contribution in [3.63, 3.8) is 0 Å². The smallest absolute Gasteiger partial charge is 0.465 e. The van der Waals surface area contributed by atoms with Crippen LogP contribution in [0, 0.1) is 0 Å². The van der Waals surface area contributed by atoms with Crippen molar-refractivity contribution in [2.75, 3.05) is 27.9 Å². The van der Waals surface area contributed by atoms with Crippen molar-refractivity contribution >= 4 is 26.9 Å². The number of carbonyl (C=O) groups is 3. The van der Waals surface area contributed by atoms with Crippen LogP contribution in [-0.4, -0.2) is 82.1 Å². The number of ether oxygens (including phenoxy) is 5. The molecule has 4 rings (SSSR count). The van der Waals surface area contributed by atoms with Crippen molar-refractivity contribution in [2.45, 2.75) is 31.0 Å². The van der Waals surface area contributed by atoms with E-state index in [0.717, 1.165) is 4.90 Å². The number of benzene rings is 1. The van der Waals surface area contributed by atoms with Crippen LogP contribution in [0.1, 0.15) is 10.4 Å². The first-order valence-corrected chi connectivity index (χ1v) is 11.2. The van der Waals surface area contributed by atoms with Crippen molar-refractivity contribution < 1.29 is 51.6 Å².